The minimum atomic E-state index is 0.308. The van der Waals surface area contributed by atoms with Crippen molar-refractivity contribution in [3.8, 4) is 0 Å². The first-order chi connectivity index (χ1) is 9.36. The second kappa shape index (κ2) is 5.71. The molecule has 19 heavy (non-hydrogen) atoms. The number of hydrogen-bond donors (Lipinski definition) is 2. The van der Waals surface area contributed by atoms with Crippen LogP contribution in [0.3, 0.4) is 0 Å². The summed E-state index contributed by atoms with van der Waals surface area (Å²) >= 11 is 1.84. The largest absolute Gasteiger partial charge is 0.407 e. The standard InChI is InChI=1S/C13H18N4OS/c1-2-14-8-12-16-17-13(18-12)15-10-4-3-5-11-9(10)6-7-19-11/h6-7,10,14H,2-5,8H2,1H3,(H,15,17). The fraction of sp³-hybridized carbons (Fsp3) is 0.538. The molecule has 0 radical (unpaired) electrons. The average Bonchev–Trinajstić information content (AvgIpc) is 3.05. The summed E-state index contributed by atoms with van der Waals surface area (Å²) in [6, 6.07) is 3.03. The predicted molar refractivity (Wildman–Crippen MR) is 75.3 cm³/mol. The van der Waals surface area contributed by atoms with Crippen molar-refractivity contribution in [2.45, 2.75) is 38.8 Å². The number of nitrogens with zero attached hydrogens (tertiary/aromatic N) is 2. The summed E-state index contributed by atoms with van der Waals surface area (Å²) in [6.07, 6.45) is 3.53. The zero-order valence-electron chi connectivity index (χ0n) is 11.0. The van der Waals surface area contributed by atoms with Crippen LogP contribution < -0.4 is 10.6 Å². The Labute approximate surface area is 116 Å². The van der Waals surface area contributed by atoms with Gasteiger partial charge >= 0.3 is 6.01 Å². The maximum atomic E-state index is 5.59. The van der Waals surface area contributed by atoms with Gasteiger partial charge in [0, 0.05) is 4.88 Å². The van der Waals surface area contributed by atoms with E-state index < -0.39 is 0 Å². The Morgan fingerprint density at radius 2 is 2.42 bits per heavy atom. The Morgan fingerprint density at radius 1 is 1.47 bits per heavy atom. The molecule has 0 aromatic carbocycles. The molecule has 2 aromatic rings. The van der Waals surface area contributed by atoms with Crippen LogP contribution in [0.5, 0.6) is 0 Å². The summed E-state index contributed by atoms with van der Waals surface area (Å²) in [7, 11) is 0. The highest BCUT2D eigenvalue weighted by molar-refractivity contribution is 7.10. The molecule has 1 atom stereocenters. The van der Waals surface area contributed by atoms with Crippen molar-refractivity contribution in [2.24, 2.45) is 0 Å². The molecule has 0 fully saturated rings. The molecule has 2 aromatic heterocycles. The van der Waals surface area contributed by atoms with Gasteiger partial charge in [0.05, 0.1) is 12.6 Å². The van der Waals surface area contributed by atoms with Crippen molar-refractivity contribution >= 4 is 17.4 Å². The number of rotatable bonds is 5. The lowest BCUT2D eigenvalue weighted by Crippen LogP contribution is -2.15. The first-order valence-corrected chi connectivity index (χ1v) is 7.60. The van der Waals surface area contributed by atoms with Gasteiger partial charge in [0.2, 0.25) is 5.89 Å². The number of hydrogen-bond acceptors (Lipinski definition) is 6. The fourth-order valence-corrected chi connectivity index (χ4v) is 3.39. The zero-order valence-corrected chi connectivity index (χ0v) is 11.8. The molecule has 1 aliphatic carbocycles. The Morgan fingerprint density at radius 3 is 3.32 bits per heavy atom. The van der Waals surface area contributed by atoms with E-state index in [0.29, 0.717) is 24.5 Å². The highest BCUT2D eigenvalue weighted by Crippen LogP contribution is 2.35. The van der Waals surface area contributed by atoms with Crippen LogP contribution >= 0.6 is 11.3 Å². The number of nitrogens with one attached hydrogen (secondary N) is 2. The molecule has 2 N–H and O–H groups in total. The minimum Gasteiger partial charge on any atom is -0.407 e. The number of thiophene rings is 1. The summed E-state index contributed by atoms with van der Waals surface area (Å²) in [5.41, 5.74) is 1.39. The summed E-state index contributed by atoms with van der Waals surface area (Å²) in [4.78, 5) is 1.48. The topological polar surface area (TPSA) is 63.0 Å². The van der Waals surface area contributed by atoms with E-state index in [4.69, 9.17) is 4.42 Å². The van der Waals surface area contributed by atoms with E-state index in [1.54, 1.807) is 0 Å². The van der Waals surface area contributed by atoms with Crippen LogP contribution in [0.2, 0.25) is 0 Å². The molecular weight excluding hydrogens is 260 g/mol. The summed E-state index contributed by atoms with van der Waals surface area (Å²) in [5, 5.41) is 16.8. The van der Waals surface area contributed by atoms with Crippen LogP contribution in [0.4, 0.5) is 6.01 Å². The number of aromatic nitrogens is 2. The van der Waals surface area contributed by atoms with Crippen molar-refractivity contribution in [3.05, 3.63) is 27.8 Å². The molecule has 3 rings (SSSR count). The lowest BCUT2D eigenvalue weighted by Gasteiger charge is -2.22. The molecule has 1 aliphatic rings. The molecule has 0 saturated carbocycles. The third kappa shape index (κ3) is 2.79. The van der Waals surface area contributed by atoms with E-state index in [1.807, 2.05) is 11.3 Å². The molecule has 0 saturated heterocycles. The Hall–Kier alpha value is -1.40. The van der Waals surface area contributed by atoms with E-state index in [9.17, 15) is 0 Å². The van der Waals surface area contributed by atoms with E-state index in [2.05, 4.69) is 39.2 Å². The van der Waals surface area contributed by atoms with E-state index >= 15 is 0 Å². The minimum absolute atomic E-state index is 0.308. The van der Waals surface area contributed by atoms with Crippen molar-refractivity contribution < 1.29 is 4.42 Å². The van der Waals surface area contributed by atoms with Crippen molar-refractivity contribution in [3.63, 3.8) is 0 Å². The normalized spacial score (nSPS) is 18.3. The molecule has 0 spiro atoms. The molecule has 102 valence electrons. The summed E-state index contributed by atoms with van der Waals surface area (Å²) in [6.45, 7) is 3.57. The maximum Gasteiger partial charge on any atom is 0.315 e. The molecule has 0 aliphatic heterocycles. The van der Waals surface area contributed by atoms with Crippen LogP contribution in [0.1, 0.15) is 42.1 Å². The van der Waals surface area contributed by atoms with Gasteiger partial charge in [0.25, 0.3) is 0 Å². The quantitative estimate of drug-likeness (QED) is 0.880. The SMILES string of the molecule is CCNCc1nnc(NC2CCCc3sccc32)o1. The Bertz CT molecular complexity index is 536. The zero-order chi connectivity index (χ0) is 13.1. The van der Waals surface area contributed by atoms with Crippen LogP contribution in [0, 0.1) is 0 Å². The van der Waals surface area contributed by atoms with Gasteiger partial charge in [0.15, 0.2) is 0 Å². The third-order valence-corrected chi connectivity index (χ3v) is 4.34. The van der Waals surface area contributed by atoms with Gasteiger partial charge in [-0.3, -0.25) is 0 Å². The predicted octanol–water partition coefficient (Wildman–Crippen LogP) is 2.73. The highest BCUT2D eigenvalue weighted by Gasteiger charge is 2.22. The molecule has 0 amide bonds. The summed E-state index contributed by atoms with van der Waals surface area (Å²) < 4.78 is 5.59. The Balaban J connectivity index is 1.67. The van der Waals surface area contributed by atoms with E-state index in [1.165, 1.54) is 23.3 Å². The molecular formula is C13H18N4OS. The van der Waals surface area contributed by atoms with Gasteiger partial charge in [0.1, 0.15) is 0 Å². The van der Waals surface area contributed by atoms with E-state index in [0.717, 1.165) is 13.0 Å². The van der Waals surface area contributed by atoms with Gasteiger partial charge in [-0.25, -0.2) is 0 Å². The molecule has 5 nitrogen and oxygen atoms in total. The molecule has 0 bridgehead atoms. The molecule has 6 heteroatoms. The van der Waals surface area contributed by atoms with Gasteiger partial charge in [-0.15, -0.1) is 16.4 Å². The van der Waals surface area contributed by atoms with Crippen molar-refractivity contribution in [1.29, 1.82) is 0 Å². The second-order valence-electron chi connectivity index (χ2n) is 4.67. The number of aryl methyl sites for hydroxylation is 1. The first-order valence-electron chi connectivity index (χ1n) is 6.72. The smallest absolute Gasteiger partial charge is 0.315 e. The van der Waals surface area contributed by atoms with Crippen molar-refractivity contribution in [1.82, 2.24) is 15.5 Å². The third-order valence-electron chi connectivity index (χ3n) is 3.34. The molecule has 1 unspecified atom stereocenters. The van der Waals surface area contributed by atoms with Crippen LogP contribution in [0.15, 0.2) is 15.9 Å². The van der Waals surface area contributed by atoms with Crippen LogP contribution in [-0.4, -0.2) is 16.7 Å². The van der Waals surface area contributed by atoms with E-state index in [-0.39, 0.29) is 0 Å². The van der Waals surface area contributed by atoms with Gasteiger partial charge in [-0.2, -0.15) is 0 Å². The van der Waals surface area contributed by atoms with Crippen LogP contribution in [-0.2, 0) is 13.0 Å². The summed E-state index contributed by atoms with van der Waals surface area (Å²) in [5.74, 6) is 0.630. The van der Waals surface area contributed by atoms with Gasteiger partial charge in [-0.1, -0.05) is 12.0 Å². The van der Waals surface area contributed by atoms with Crippen LogP contribution in [0.25, 0.3) is 0 Å². The lowest BCUT2D eigenvalue weighted by atomic mass is 9.94. The highest BCUT2D eigenvalue weighted by atomic mass is 32.1. The van der Waals surface area contributed by atoms with Gasteiger partial charge < -0.3 is 15.1 Å². The lowest BCUT2D eigenvalue weighted by molar-refractivity contribution is 0.472. The van der Waals surface area contributed by atoms with Gasteiger partial charge in [-0.05, 0) is 42.8 Å². The fourth-order valence-electron chi connectivity index (χ4n) is 2.40. The maximum absolute atomic E-state index is 5.59. The first kappa shape index (κ1) is 12.6. The second-order valence-corrected chi connectivity index (χ2v) is 5.67. The number of anilines is 1. The monoisotopic (exact) mass is 278 g/mol. The van der Waals surface area contributed by atoms with Crippen molar-refractivity contribution in [2.75, 3.05) is 11.9 Å². The Kier molecular flexibility index (Phi) is 3.79. The number of fused-ring (bicyclic) bond motifs is 1. The average molecular weight is 278 g/mol. The molecule has 2 heterocycles.